The lowest BCUT2D eigenvalue weighted by atomic mass is 9.89. The molecule has 0 bridgehead atoms. The van der Waals surface area contributed by atoms with Crippen molar-refractivity contribution in [2.24, 2.45) is 12.0 Å². The molecule has 7 nitrogen and oxygen atoms in total. The van der Waals surface area contributed by atoms with E-state index < -0.39 is 0 Å². The van der Waals surface area contributed by atoms with E-state index in [9.17, 15) is 0 Å². The lowest BCUT2D eigenvalue weighted by Crippen LogP contribution is -2.50. The van der Waals surface area contributed by atoms with Crippen LogP contribution in [0.15, 0.2) is 4.99 Å². The Morgan fingerprint density at radius 3 is 2.78 bits per heavy atom. The van der Waals surface area contributed by atoms with Crippen LogP contribution in [0.25, 0.3) is 0 Å². The molecular weight excluding hydrogens is 455 g/mol. The Morgan fingerprint density at radius 1 is 1.33 bits per heavy atom. The number of aryl methyl sites for hydroxylation is 1. The van der Waals surface area contributed by atoms with Crippen LogP contribution in [0, 0.1) is 6.92 Å². The van der Waals surface area contributed by atoms with Gasteiger partial charge < -0.3 is 19.9 Å². The van der Waals surface area contributed by atoms with E-state index in [0.717, 1.165) is 50.0 Å². The van der Waals surface area contributed by atoms with Crippen molar-refractivity contribution < 1.29 is 4.74 Å². The molecule has 2 aliphatic rings. The van der Waals surface area contributed by atoms with Gasteiger partial charge in [-0.3, -0.25) is 0 Å². The minimum Gasteiger partial charge on any atom is -0.375 e. The first-order valence-electron chi connectivity index (χ1n) is 10.2. The second-order valence-electron chi connectivity index (χ2n) is 7.74. The van der Waals surface area contributed by atoms with E-state index in [1.54, 1.807) is 0 Å². The number of hydrogen-bond donors (Lipinski definition) is 2. The SMILES string of the molecule is CCCCNC(=NCc1nnc(C)n1C)NC1CCOC2(CCCC2)C1.I. The summed E-state index contributed by atoms with van der Waals surface area (Å²) in [7, 11) is 1.99. The van der Waals surface area contributed by atoms with Crippen molar-refractivity contribution in [3.05, 3.63) is 11.6 Å². The first kappa shape index (κ1) is 22.4. The quantitative estimate of drug-likeness (QED) is 0.278. The third-order valence-corrected chi connectivity index (χ3v) is 5.73. The highest BCUT2D eigenvalue weighted by atomic mass is 127. The van der Waals surface area contributed by atoms with Crippen molar-refractivity contribution in [1.82, 2.24) is 25.4 Å². The van der Waals surface area contributed by atoms with Crippen LogP contribution in [0.5, 0.6) is 0 Å². The Labute approximate surface area is 180 Å². The van der Waals surface area contributed by atoms with Crippen molar-refractivity contribution in [1.29, 1.82) is 0 Å². The zero-order chi connectivity index (χ0) is 18.4. The molecule has 2 heterocycles. The first-order valence-corrected chi connectivity index (χ1v) is 10.2. The number of ether oxygens (including phenoxy) is 1. The summed E-state index contributed by atoms with van der Waals surface area (Å²) in [4.78, 5) is 4.78. The molecule has 1 atom stereocenters. The van der Waals surface area contributed by atoms with E-state index >= 15 is 0 Å². The smallest absolute Gasteiger partial charge is 0.191 e. The van der Waals surface area contributed by atoms with E-state index in [4.69, 9.17) is 9.73 Å². The Morgan fingerprint density at radius 2 is 2.11 bits per heavy atom. The fourth-order valence-corrected chi connectivity index (χ4v) is 3.99. The third kappa shape index (κ3) is 6.04. The number of unbranched alkanes of at least 4 members (excludes halogenated alkanes) is 1. The maximum atomic E-state index is 6.16. The molecular formula is C19H35IN6O. The molecule has 1 unspecified atom stereocenters. The molecule has 1 spiro atoms. The molecule has 1 aromatic rings. The van der Waals surface area contributed by atoms with Crippen LogP contribution in [0.1, 0.15) is 69.9 Å². The highest BCUT2D eigenvalue weighted by Gasteiger charge is 2.40. The van der Waals surface area contributed by atoms with Crippen LogP contribution < -0.4 is 10.6 Å². The number of nitrogens with zero attached hydrogens (tertiary/aromatic N) is 4. The summed E-state index contributed by atoms with van der Waals surface area (Å²) < 4.78 is 8.16. The van der Waals surface area contributed by atoms with Crippen LogP contribution in [-0.2, 0) is 18.3 Å². The molecule has 3 rings (SSSR count). The summed E-state index contributed by atoms with van der Waals surface area (Å²) in [6, 6.07) is 0.427. The standard InChI is InChI=1S/C19H34N6O.HI/c1-4-5-11-20-18(21-14-17-24-23-15(2)25(17)3)22-16-8-12-26-19(13-16)9-6-7-10-19;/h16H,4-14H2,1-3H3,(H2,20,21,22);1H. The number of hydrogen-bond acceptors (Lipinski definition) is 4. The molecule has 1 aliphatic carbocycles. The van der Waals surface area contributed by atoms with Gasteiger partial charge in [0.1, 0.15) is 12.4 Å². The fraction of sp³-hybridized carbons (Fsp3) is 0.842. The molecule has 27 heavy (non-hydrogen) atoms. The molecule has 2 fully saturated rings. The summed E-state index contributed by atoms with van der Waals surface area (Å²) in [5.41, 5.74) is 0.116. The second-order valence-corrected chi connectivity index (χ2v) is 7.74. The van der Waals surface area contributed by atoms with Crippen molar-refractivity contribution in [3.8, 4) is 0 Å². The van der Waals surface area contributed by atoms with E-state index in [1.807, 2.05) is 18.5 Å². The van der Waals surface area contributed by atoms with Crippen LogP contribution in [0.3, 0.4) is 0 Å². The number of halogens is 1. The maximum Gasteiger partial charge on any atom is 0.191 e. The average molecular weight is 490 g/mol. The Hall–Kier alpha value is -0.900. The van der Waals surface area contributed by atoms with Gasteiger partial charge in [0.15, 0.2) is 11.8 Å². The molecule has 1 aliphatic heterocycles. The van der Waals surface area contributed by atoms with Crippen LogP contribution in [-0.4, -0.2) is 45.5 Å². The van der Waals surface area contributed by atoms with Crippen molar-refractivity contribution >= 4 is 29.9 Å². The Kier molecular flexibility index (Phi) is 8.78. The van der Waals surface area contributed by atoms with E-state index in [2.05, 4.69) is 27.8 Å². The van der Waals surface area contributed by atoms with Crippen molar-refractivity contribution in [2.45, 2.75) is 83.4 Å². The predicted molar refractivity (Wildman–Crippen MR) is 119 cm³/mol. The van der Waals surface area contributed by atoms with Gasteiger partial charge in [-0.1, -0.05) is 26.2 Å². The minimum atomic E-state index is 0. The van der Waals surface area contributed by atoms with E-state index in [0.29, 0.717) is 12.6 Å². The highest BCUT2D eigenvalue weighted by Crippen LogP contribution is 2.39. The topological polar surface area (TPSA) is 76.4 Å². The number of aromatic nitrogens is 3. The largest absolute Gasteiger partial charge is 0.375 e. The Bertz CT molecular complexity index is 611. The lowest BCUT2D eigenvalue weighted by Gasteiger charge is -2.39. The van der Waals surface area contributed by atoms with Crippen molar-refractivity contribution in [3.63, 3.8) is 0 Å². The van der Waals surface area contributed by atoms with Gasteiger partial charge in [0.05, 0.1) is 5.60 Å². The Balaban J connectivity index is 0.00000261. The van der Waals surface area contributed by atoms with Gasteiger partial charge in [0.25, 0.3) is 0 Å². The number of nitrogens with one attached hydrogen (secondary N) is 2. The van der Waals surface area contributed by atoms with Gasteiger partial charge in [0.2, 0.25) is 0 Å². The maximum absolute atomic E-state index is 6.16. The van der Waals surface area contributed by atoms with Gasteiger partial charge in [-0.05, 0) is 39.0 Å². The molecule has 2 N–H and O–H groups in total. The number of aliphatic imine (C=N–C) groups is 1. The number of rotatable bonds is 6. The molecule has 1 saturated heterocycles. The highest BCUT2D eigenvalue weighted by molar-refractivity contribution is 14.0. The predicted octanol–water partition coefficient (Wildman–Crippen LogP) is 3.07. The van der Waals surface area contributed by atoms with Gasteiger partial charge in [-0.25, -0.2) is 4.99 Å². The monoisotopic (exact) mass is 490 g/mol. The zero-order valence-electron chi connectivity index (χ0n) is 17.0. The van der Waals surface area contributed by atoms with E-state index in [-0.39, 0.29) is 29.6 Å². The van der Waals surface area contributed by atoms with Gasteiger partial charge in [0, 0.05) is 26.2 Å². The summed E-state index contributed by atoms with van der Waals surface area (Å²) in [5, 5.41) is 15.5. The van der Waals surface area contributed by atoms with Gasteiger partial charge in [-0.15, -0.1) is 34.2 Å². The minimum absolute atomic E-state index is 0. The third-order valence-electron chi connectivity index (χ3n) is 5.73. The molecule has 8 heteroatoms. The summed E-state index contributed by atoms with van der Waals surface area (Å²) in [6.45, 7) is 6.49. The fourth-order valence-electron chi connectivity index (χ4n) is 3.99. The number of guanidine groups is 1. The van der Waals surface area contributed by atoms with Crippen LogP contribution in [0.2, 0.25) is 0 Å². The molecule has 0 amide bonds. The molecule has 0 aromatic carbocycles. The lowest BCUT2D eigenvalue weighted by molar-refractivity contribution is -0.0815. The second kappa shape index (κ2) is 10.6. The van der Waals surface area contributed by atoms with Crippen molar-refractivity contribution in [2.75, 3.05) is 13.2 Å². The summed E-state index contributed by atoms with van der Waals surface area (Å²) >= 11 is 0. The van der Waals surface area contributed by atoms with Gasteiger partial charge >= 0.3 is 0 Å². The normalized spacial score (nSPS) is 21.9. The first-order chi connectivity index (χ1) is 12.6. The summed E-state index contributed by atoms with van der Waals surface area (Å²) in [5.74, 6) is 2.69. The molecule has 0 radical (unpaired) electrons. The van der Waals surface area contributed by atoms with Crippen LogP contribution in [0.4, 0.5) is 0 Å². The molecule has 1 saturated carbocycles. The molecule has 154 valence electrons. The van der Waals surface area contributed by atoms with Gasteiger partial charge in [-0.2, -0.15) is 0 Å². The van der Waals surface area contributed by atoms with Crippen LogP contribution >= 0.6 is 24.0 Å². The summed E-state index contributed by atoms with van der Waals surface area (Å²) in [6.07, 6.45) is 9.45. The molecule has 1 aromatic heterocycles. The van der Waals surface area contributed by atoms with E-state index in [1.165, 1.54) is 32.1 Å². The zero-order valence-corrected chi connectivity index (χ0v) is 19.3. The average Bonchev–Trinajstić information content (AvgIpc) is 3.21.